The lowest BCUT2D eigenvalue weighted by Gasteiger charge is -2.11. The minimum atomic E-state index is 0.661. The summed E-state index contributed by atoms with van der Waals surface area (Å²) in [7, 11) is 0. The molecule has 4 aromatic heterocycles. The molecule has 0 aliphatic carbocycles. The highest BCUT2D eigenvalue weighted by Crippen LogP contribution is 2.41. The van der Waals surface area contributed by atoms with Gasteiger partial charge < -0.3 is 9.13 Å². The lowest BCUT2D eigenvalue weighted by Crippen LogP contribution is -1.99. The van der Waals surface area contributed by atoms with Crippen molar-refractivity contribution in [1.82, 2.24) is 24.1 Å². The summed E-state index contributed by atoms with van der Waals surface area (Å²) in [6.45, 7) is 0. The van der Waals surface area contributed by atoms with Gasteiger partial charge in [0.2, 0.25) is 0 Å². The van der Waals surface area contributed by atoms with E-state index in [-0.39, 0.29) is 0 Å². The zero-order valence-electron chi connectivity index (χ0n) is 33.9. The van der Waals surface area contributed by atoms with Gasteiger partial charge in [-0.2, -0.15) is 0 Å². The minimum Gasteiger partial charge on any atom is -0.309 e. The van der Waals surface area contributed by atoms with E-state index in [1.54, 1.807) is 0 Å². The second-order valence-corrected chi connectivity index (χ2v) is 17.1. The van der Waals surface area contributed by atoms with Crippen LogP contribution in [0.4, 0.5) is 0 Å². The maximum Gasteiger partial charge on any atom is 0.164 e. The molecule has 4 heterocycles. The van der Waals surface area contributed by atoms with E-state index in [2.05, 4.69) is 161 Å². The third-order valence-electron chi connectivity index (χ3n) is 12.4. The largest absolute Gasteiger partial charge is 0.309 e. The highest BCUT2D eigenvalue weighted by atomic mass is 32.1. The monoisotopic (exact) mass is 821 g/mol. The first-order valence-electron chi connectivity index (χ1n) is 21.2. The molecule has 0 bridgehead atoms. The van der Waals surface area contributed by atoms with Crippen LogP contribution in [0.3, 0.4) is 0 Å². The van der Waals surface area contributed by atoms with Crippen LogP contribution in [-0.4, -0.2) is 24.1 Å². The van der Waals surface area contributed by atoms with Crippen molar-refractivity contribution in [2.24, 2.45) is 0 Å². The first-order chi connectivity index (χ1) is 31.2. The van der Waals surface area contributed by atoms with Gasteiger partial charge in [0.1, 0.15) is 0 Å². The molecule has 0 aliphatic heterocycles. The first-order valence-corrected chi connectivity index (χ1v) is 22.0. The summed E-state index contributed by atoms with van der Waals surface area (Å²) in [4.78, 5) is 14.9. The lowest BCUT2D eigenvalue weighted by atomic mass is 10.0. The molecule has 0 N–H and O–H groups in total. The Labute approximate surface area is 366 Å². The number of nitrogens with zero attached hydrogens (tertiary/aromatic N) is 5. The Morgan fingerprint density at radius 2 is 0.698 bits per heavy atom. The van der Waals surface area contributed by atoms with Gasteiger partial charge in [0, 0.05) is 69.8 Å². The number of hydrogen-bond acceptors (Lipinski definition) is 4. The van der Waals surface area contributed by atoms with Crippen LogP contribution in [0.15, 0.2) is 212 Å². The van der Waals surface area contributed by atoms with Gasteiger partial charge in [-0.1, -0.05) is 152 Å². The zero-order valence-corrected chi connectivity index (χ0v) is 34.7. The van der Waals surface area contributed by atoms with Crippen LogP contribution < -0.4 is 0 Å². The average Bonchev–Trinajstić information content (AvgIpc) is 4.00. The molecule has 9 aromatic carbocycles. The number of benzene rings is 9. The third-order valence-corrected chi connectivity index (χ3v) is 13.5. The molecule has 0 unspecified atom stereocenters. The van der Waals surface area contributed by atoms with Crippen molar-refractivity contribution in [2.45, 2.75) is 0 Å². The smallest absolute Gasteiger partial charge is 0.164 e. The van der Waals surface area contributed by atoms with E-state index < -0.39 is 0 Å². The summed E-state index contributed by atoms with van der Waals surface area (Å²) in [6, 6.07) is 75.8. The van der Waals surface area contributed by atoms with Crippen molar-refractivity contribution in [1.29, 1.82) is 0 Å². The van der Waals surface area contributed by atoms with Crippen LogP contribution in [0.5, 0.6) is 0 Å². The standard InChI is InChI=1S/C57H35N5S/c1-4-14-37(15-5-1)55-58-56(38-16-6-2-7-17-38)60-57(59-55)40-27-31-46-45-30-26-39(32-53(45)63-54(46)33-40)36-24-28-42(29-25-36)62-50-23-13-11-21-44(50)48-34-47-43-20-10-12-22-49(43)61(51(47)35-52(48)62)41-18-8-3-9-19-41/h1-35H. The number of hydrogen-bond donors (Lipinski definition) is 0. The molecule has 0 aliphatic rings. The molecule has 0 radical (unpaired) electrons. The van der Waals surface area contributed by atoms with Gasteiger partial charge in [0.05, 0.1) is 22.1 Å². The van der Waals surface area contributed by atoms with Crippen molar-refractivity contribution in [2.75, 3.05) is 0 Å². The summed E-state index contributed by atoms with van der Waals surface area (Å²) >= 11 is 1.81. The molecule has 13 aromatic rings. The fourth-order valence-corrected chi connectivity index (χ4v) is 10.6. The fourth-order valence-electron chi connectivity index (χ4n) is 9.40. The van der Waals surface area contributed by atoms with Gasteiger partial charge >= 0.3 is 0 Å². The zero-order chi connectivity index (χ0) is 41.4. The third kappa shape index (κ3) is 5.80. The van der Waals surface area contributed by atoms with E-state index in [0.29, 0.717) is 17.5 Å². The van der Waals surface area contributed by atoms with Crippen molar-refractivity contribution >= 4 is 75.1 Å². The van der Waals surface area contributed by atoms with E-state index in [4.69, 9.17) is 15.0 Å². The molecule has 0 fully saturated rings. The number of para-hydroxylation sites is 3. The van der Waals surface area contributed by atoms with Crippen molar-refractivity contribution < 1.29 is 0 Å². The summed E-state index contributed by atoms with van der Waals surface area (Å²) in [5.74, 6) is 1.98. The van der Waals surface area contributed by atoms with Crippen LogP contribution in [0, 0.1) is 0 Å². The van der Waals surface area contributed by atoms with Crippen LogP contribution in [0.1, 0.15) is 0 Å². The quantitative estimate of drug-likeness (QED) is 0.168. The van der Waals surface area contributed by atoms with Gasteiger partial charge in [-0.3, -0.25) is 0 Å². The summed E-state index contributed by atoms with van der Waals surface area (Å²) in [6.07, 6.45) is 0. The molecule has 5 nitrogen and oxygen atoms in total. The molecule has 0 amide bonds. The Morgan fingerprint density at radius 1 is 0.270 bits per heavy atom. The second kappa shape index (κ2) is 14.2. The molecule has 63 heavy (non-hydrogen) atoms. The van der Waals surface area contributed by atoms with Crippen LogP contribution in [0.25, 0.3) is 120 Å². The highest BCUT2D eigenvalue weighted by molar-refractivity contribution is 7.25. The molecule has 0 saturated heterocycles. The first kappa shape index (κ1) is 35.6. The van der Waals surface area contributed by atoms with E-state index in [0.717, 1.165) is 28.1 Å². The topological polar surface area (TPSA) is 48.5 Å². The van der Waals surface area contributed by atoms with Gasteiger partial charge in [0.15, 0.2) is 17.5 Å². The Kier molecular flexibility index (Phi) is 8.01. The van der Waals surface area contributed by atoms with E-state index in [1.807, 2.05) is 72.0 Å². The average molecular weight is 822 g/mol. The van der Waals surface area contributed by atoms with Crippen LogP contribution in [0.2, 0.25) is 0 Å². The minimum absolute atomic E-state index is 0.661. The molecule has 0 atom stereocenters. The predicted molar refractivity (Wildman–Crippen MR) is 263 cm³/mol. The van der Waals surface area contributed by atoms with Crippen molar-refractivity contribution in [3.8, 4) is 56.7 Å². The number of aromatic nitrogens is 5. The van der Waals surface area contributed by atoms with Gasteiger partial charge in [-0.05, 0) is 71.8 Å². The van der Waals surface area contributed by atoms with Gasteiger partial charge in [-0.15, -0.1) is 11.3 Å². The SMILES string of the molecule is c1ccc(-c2nc(-c3ccccc3)nc(-c3ccc4c(c3)sc3cc(-c5ccc(-n6c7ccccc7c7cc8c9ccccc9n(-c9ccccc9)c8cc76)cc5)ccc34)n2)cc1. The van der Waals surface area contributed by atoms with Gasteiger partial charge in [0.25, 0.3) is 0 Å². The summed E-state index contributed by atoms with van der Waals surface area (Å²) < 4.78 is 7.27. The maximum absolute atomic E-state index is 4.99. The Balaban J connectivity index is 0.890. The van der Waals surface area contributed by atoms with E-state index in [1.165, 1.54) is 74.9 Å². The fraction of sp³-hybridized carbons (Fsp3) is 0. The molecule has 13 rings (SSSR count). The van der Waals surface area contributed by atoms with E-state index >= 15 is 0 Å². The molecule has 0 spiro atoms. The number of thiophene rings is 1. The Bertz CT molecular complexity index is 3830. The van der Waals surface area contributed by atoms with Crippen molar-refractivity contribution in [3.05, 3.63) is 212 Å². The summed E-state index contributed by atoms with van der Waals surface area (Å²) in [5.41, 5.74) is 12.3. The molecular formula is C57H35N5S. The summed E-state index contributed by atoms with van der Waals surface area (Å²) in [5, 5.41) is 7.49. The predicted octanol–water partition coefficient (Wildman–Crippen LogP) is 15.1. The lowest BCUT2D eigenvalue weighted by molar-refractivity contribution is 1.07. The normalized spacial score (nSPS) is 11.8. The van der Waals surface area contributed by atoms with Crippen LogP contribution in [-0.2, 0) is 0 Å². The van der Waals surface area contributed by atoms with Crippen LogP contribution >= 0.6 is 11.3 Å². The number of fused-ring (bicyclic) bond motifs is 9. The molecule has 294 valence electrons. The van der Waals surface area contributed by atoms with Gasteiger partial charge in [-0.25, -0.2) is 15.0 Å². The van der Waals surface area contributed by atoms with E-state index in [9.17, 15) is 0 Å². The maximum atomic E-state index is 4.99. The Morgan fingerprint density at radius 3 is 1.25 bits per heavy atom. The number of rotatable bonds is 6. The molecular weight excluding hydrogens is 787 g/mol. The molecule has 6 heteroatoms. The Hall–Kier alpha value is -8.19. The van der Waals surface area contributed by atoms with Crippen molar-refractivity contribution in [3.63, 3.8) is 0 Å². The highest BCUT2D eigenvalue weighted by Gasteiger charge is 2.19. The second-order valence-electron chi connectivity index (χ2n) is 16.0. The molecule has 0 saturated carbocycles.